The summed E-state index contributed by atoms with van der Waals surface area (Å²) in [5.41, 5.74) is 0.500. The molecule has 0 amide bonds. The first kappa shape index (κ1) is 14.6. The molecule has 0 aliphatic rings. The first-order valence-electron chi connectivity index (χ1n) is 5.24. The Labute approximate surface area is 105 Å². The third-order valence-electron chi connectivity index (χ3n) is 2.41. The van der Waals surface area contributed by atoms with Gasteiger partial charge in [0.25, 0.3) is 0 Å². The minimum absolute atomic E-state index is 0.00287. The second kappa shape index (κ2) is 5.47. The molecule has 0 saturated heterocycles. The fourth-order valence-electron chi connectivity index (χ4n) is 1.44. The van der Waals surface area contributed by atoms with Gasteiger partial charge in [-0.1, -0.05) is 18.2 Å². The predicted octanol–water partition coefficient (Wildman–Crippen LogP) is 0.107. The Morgan fingerprint density at radius 2 is 1.89 bits per heavy atom. The first-order valence-corrected chi connectivity index (χ1v) is 6.73. The molecule has 18 heavy (non-hydrogen) atoms. The van der Waals surface area contributed by atoms with Gasteiger partial charge in [-0.2, -0.15) is 4.72 Å². The maximum atomic E-state index is 12.0. The molecule has 0 heterocycles. The number of aliphatic carboxylic acids is 1. The van der Waals surface area contributed by atoms with Crippen LogP contribution in [0.25, 0.3) is 0 Å². The fourth-order valence-corrected chi connectivity index (χ4v) is 2.95. The topological polar surface area (TPSA) is 104 Å². The standard InChI is InChI=1S/C11H15NO5S/c1-7-5-3-4-6-9(7)18(16,17)12-10(8(2)13)11(14)15/h3-6,8,10,12-13H,1-2H3,(H,14,15). The van der Waals surface area contributed by atoms with Crippen LogP contribution in [0, 0.1) is 6.92 Å². The molecule has 0 radical (unpaired) electrons. The molecule has 0 aromatic heterocycles. The predicted molar refractivity (Wildman–Crippen MR) is 64.6 cm³/mol. The van der Waals surface area contributed by atoms with Gasteiger partial charge in [-0.15, -0.1) is 0 Å². The number of aliphatic hydroxyl groups is 1. The third kappa shape index (κ3) is 3.28. The molecule has 0 spiro atoms. The van der Waals surface area contributed by atoms with E-state index in [2.05, 4.69) is 0 Å². The summed E-state index contributed by atoms with van der Waals surface area (Å²) in [7, 11) is -3.97. The average Bonchev–Trinajstić information content (AvgIpc) is 2.25. The van der Waals surface area contributed by atoms with Crippen molar-refractivity contribution in [3.05, 3.63) is 29.8 Å². The van der Waals surface area contributed by atoms with Crippen LogP contribution in [0.5, 0.6) is 0 Å². The molecule has 0 saturated carbocycles. The Kier molecular flexibility index (Phi) is 4.44. The lowest BCUT2D eigenvalue weighted by Crippen LogP contribution is -2.47. The maximum absolute atomic E-state index is 12.0. The van der Waals surface area contributed by atoms with Crippen LogP contribution in [0.1, 0.15) is 12.5 Å². The monoisotopic (exact) mass is 273 g/mol. The third-order valence-corrected chi connectivity index (χ3v) is 4.02. The largest absolute Gasteiger partial charge is 0.480 e. The van der Waals surface area contributed by atoms with Gasteiger partial charge in [0, 0.05) is 0 Å². The maximum Gasteiger partial charge on any atom is 0.324 e. The van der Waals surface area contributed by atoms with Crippen LogP contribution >= 0.6 is 0 Å². The number of carbonyl (C=O) groups is 1. The minimum Gasteiger partial charge on any atom is -0.480 e. The van der Waals surface area contributed by atoms with Gasteiger partial charge in [-0.3, -0.25) is 4.79 Å². The van der Waals surface area contributed by atoms with E-state index in [1.165, 1.54) is 13.0 Å². The fraction of sp³-hybridized carbons (Fsp3) is 0.364. The second-order valence-electron chi connectivity index (χ2n) is 3.94. The lowest BCUT2D eigenvalue weighted by molar-refractivity contribution is -0.141. The summed E-state index contributed by atoms with van der Waals surface area (Å²) in [5.74, 6) is -1.43. The Balaban J connectivity index is 3.09. The molecular weight excluding hydrogens is 258 g/mol. The Bertz CT molecular complexity index is 538. The minimum atomic E-state index is -3.97. The molecule has 7 heteroatoms. The molecule has 0 aliphatic heterocycles. The van der Waals surface area contributed by atoms with Crippen LogP contribution in [0.2, 0.25) is 0 Å². The molecule has 0 aliphatic carbocycles. The van der Waals surface area contributed by atoms with Crippen LogP contribution in [-0.2, 0) is 14.8 Å². The number of aryl methyl sites for hydroxylation is 1. The van der Waals surface area contributed by atoms with Crippen molar-refractivity contribution in [2.75, 3.05) is 0 Å². The van der Waals surface area contributed by atoms with E-state index in [0.29, 0.717) is 5.56 Å². The van der Waals surface area contributed by atoms with Crippen LogP contribution in [0.3, 0.4) is 0 Å². The zero-order valence-electron chi connectivity index (χ0n) is 9.99. The number of aliphatic hydroxyl groups excluding tert-OH is 1. The van der Waals surface area contributed by atoms with Crippen molar-refractivity contribution in [3.8, 4) is 0 Å². The molecule has 6 nitrogen and oxygen atoms in total. The van der Waals surface area contributed by atoms with E-state index in [1.54, 1.807) is 25.1 Å². The van der Waals surface area contributed by atoms with Crippen molar-refractivity contribution in [1.82, 2.24) is 4.72 Å². The lowest BCUT2D eigenvalue weighted by atomic mass is 10.2. The highest BCUT2D eigenvalue weighted by Crippen LogP contribution is 2.14. The highest BCUT2D eigenvalue weighted by molar-refractivity contribution is 7.89. The van der Waals surface area contributed by atoms with Gasteiger partial charge >= 0.3 is 5.97 Å². The van der Waals surface area contributed by atoms with Crippen molar-refractivity contribution < 1.29 is 23.4 Å². The van der Waals surface area contributed by atoms with Gasteiger partial charge in [-0.05, 0) is 25.5 Å². The van der Waals surface area contributed by atoms with Gasteiger partial charge in [0.05, 0.1) is 11.0 Å². The van der Waals surface area contributed by atoms with E-state index >= 15 is 0 Å². The summed E-state index contributed by atoms with van der Waals surface area (Å²) in [6.45, 7) is 2.81. The van der Waals surface area contributed by atoms with Crippen molar-refractivity contribution in [2.45, 2.75) is 30.9 Å². The van der Waals surface area contributed by atoms with Crippen LogP contribution in [0.4, 0.5) is 0 Å². The lowest BCUT2D eigenvalue weighted by Gasteiger charge is -2.17. The van der Waals surface area contributed by atoms with Crippen molar-refractivity contribution in [3.63, 3.8) is 0 Å². The zero-order chi connectivity index (χ0) is 13.9. The van der Waals surface area contributed by atoms with E-state index in [9.17, 15) is 18.3 Å². The van der Waals surface area contributed by atoms with Crippen LogP contribution < -0.4 is 4.72 Å². The molecule has 3 N–H and O–H groups in total. The normalized spacial score (nSPS) is 15.1. The first-order chi connectivity index (χ1) is 8.25. The summed E-state index contributed by atoms with van der Waals surface area (Å²) < 4.78 is 25.9. The average molecular weight is 273 g/mol. The smallest absolute Gasteiger partial charge is 0.324 e. The number of rotatable bonds is 5. The number of carboxylic acids is 1. The zero-order valence-corrected chi connectivity index (χ0v) is 10.8. The Hall–Kier alpha value is -1.44. The van der Waals surface area contributed by atoms with E-state index in [0.717, 1.165) is 0 Å². The highest BCUT2D eigenvalue weighted by atomic mass is 32.2. The van der Waals surface area contributed by atoms with Gasteiger partial charge in [0.2, 0.25) is 10.0 Å². The molecule has 1 aromatic carbocycles. The molecule has 2 atom stereocenters. The molecular formula is C11H15NO5S. The van der Waals surface area contributed by atoms with Crippen molar-refractivity contribution in [2.24, 2.45) is 0 Å². The number of hydrogen-bond acceptors (Lipinski definition) is 4. The van der Waals surface area contributed by atoms with Gasteiger partial charge in [-0.25, -0.2) is 8.42 Å². The van der Waals surface area contributed by atoms with Crippen molar-refractivity contribution >= 4 is 16.0 Å². The number of nitrogens with one attached hydrogen (secondary N) is 1. The SMILES string of the molecule is Cc1ccccc1S(=O)(=O)NC(C(=O)O)C(C)O. The molecule has 0 fully saturated rings. The second-order valence-corrected chi connectivity index (χ2v) is 5.63. The molecule has 100 valence electrons. The van der Waals surface area contributed by atoms with Gasteiger partial charge in [0.15, 0.2) is 0 Å². The number of benzene rings is 1. The van der Waals surface area contributed by atoms with Crippen LogP contribution in [-0.4, -0.2) is 36.7 Å². The van der Waals surface area contributed by atoms with E-state index in [1.807, 2.05) is 4.72 Å². The van der Waals surface area contributed by atoms with E-state index < -0.39 is 28.1 Å². The van der Waals surface area contributed by atoms with Gasteiger partial charge in [0.1, 0.15) is 6.04 Å². The summed E-state index contributed by atoms with van der Waals surface area (Å²) >= 11 is 0. The summed E-state index contributed by atoms with van der Waals surface area (Å²) in [6, 6.07) is 4.62. The quantitative estimate of drug-likeness (QED) is 0.706. The summed E-state index contributed by atoms with van der Waals surface area (Å²) in [4.78, 5) is 10.8. The van der Waals surface area contributed by atoms with Crippen molar-refractivity contribution in [1.29, 1.82) is 0 Å². The molecule has 1 rings (SSSR count). The highest BCUT2D eigenvalue weighted by Gasteiger charge is 2.29. The van der Waals surface area contributed by atoms with E-state index in [-0.39, 0.29) is 4.90 Å². The number of carboxylic acid groups (broad SMARTS) is 1. The number of hydrogen-bond donors (Lipinski definition) is 3. The summed E-state index contributed by atoms with van der Waals surface area (Å²) in [5, 5.41) is 18.1. The molecule has 0 bridgehead atoms. The molecule has 1 aromatic rings. The van der Waals surface area contributed by atoms with Gasteiger partial charge < -0.3 is 10.2 Å². The Morgan fingerprint density at radius 1 is 1.33 bits per heavy atom. The van der Waals surface area contributed by atoms with Crippen LogP contribution in [0.15, 0.2) is 29.2 Å². The summed E-state index contributed by atoms with van der Waals surface area (Å²) in [6.07, 6.45) is -1.33. The van der Waals surface area contributed by atoms with E-state index in [4.69, 9.17) is 5.11 Å². The molecule has 2 unspecified atom stereocenters. The number of sulfonamides is 1. The Morgan fingerprint density at radius 3 is 2.33 bits per heavy atom.